The Balaban J connectivity index is 2.85. The van der Waals surface area contributed by atoms with E-state index in [1.165, 1.54) is 12.4 Å². The van der Waals surface area contributed by atoms with Gasteiger partial charge in [0.15, 0.2) is 6.29 Å². The first-order valence-electron chi connectivity index (χ1n) is 2.57. The first-order valence-corrected chi connectivity index (χ1v) is 2.57. The Morgan fingerprint density at radius 3 is 2.11 bits per heavy atom. The van der Waals surface area contributed by atoms with Crippen LogP contribution in [0.4, 0.5) is 0 Å². The Morgan fingerprint density at radius 1 is 1.22 bits per heavy atom. The Labute approximate surface area is 52.6 Å². The standard InChI is InChI=1S/C6H7NO2/c8-6(9)5-1-3-7-4-2-5/h1-4,6,8-9H. The van der Waals surface area contributed by atoms with E-state index in [1.54, 1.807) is 12.1 Å². The molecule has 9 heavy (non-hydrogen) atoms. The monoisotopic (exact) mass is 125 g/mol. The average Bonchev–Trinajstić information content (AvgIpc) is 1.90. The summed E-state index contributed by atoms with van der Waals surface area (Å²) in [6.07, 6.45) is 1.64. The predicted octanol–water partition coefficient (Wildman–Crippen LogP) is 0.0648. The third-order valence-electron chi connectivity index (χ3n) is 1.00. The predicted molar refractivity (Wildman–Crippen MR) is 31.4 cm³/mol. The lowest BCUT2D eigenvalue weighted by Gasteiger charge is -1.99. The van der Waals surface area contributed by atoms with Gasteiger partial charge in [-0.25, -0.2) is 0 Å². The molecule has 2 N–H and O–H groups in total. The SMILES string of the molecule is OC(O)c1ccncc1. The second-order valence-corrected chi connectivity index (χ2v) is 1.65. The summed E-state index contributed by atoms with van der Waals surface area (Å²) in [5, 5.41) is 17.1. The second-order valence-electron chi connectivity index (χ2n) is 1.65. The highest BCUT2D eigenvalue weighted by Crippen LogP contribution is 2.05. The number of rotatable bonds is 1. The molecule has 1 heterocycles. The van der Waals surface area contributed by atoms with E-state index < -0.39 is 6.29 Å². The largest absolute Gasteiger partial charge is 0.364 e. The average molecular weight is 125 g/mol. The van der Waals surface area contributed by atoms with E-state index in [9.17, 15) is 0 Å². The lowest BCUT2D eigenvalue weighted by molar-refractivity contribution is -0.0425. The minimum atomic E-state index is -1.38. The molecule has 0 saturated carbocycles. The molecule has 0 aliphatic rings. The van der Waals surface area contributed by atoms with Crippen molar-refractivity contribution >= 4 is 0 Å². The molecule has 0 spiro atoms. The zero-order chi connectivity index (χ0) is 6.69. The van der Waals surface area contributed by atoms with Crippen molar-refractivity contribution in [3.63, 3.8) is 0 Å². The van der Waals surface area contributed by atoms with E-state index in [1.807, 2.05) is 0 Å². The van der Waals surface area contributed by atoms with Gasteiger partial charge in [0.05, 0.1) is 0 Å². The Morgan fingerprint density at radius 2 is 1.78 bits per heavy atom. The van der Waals surface area contributed by atoms with Gasteiger partial charge in [0.2, 0.25) is 0 Å². The number of aromatic nitrogens is 1. The topological polar surface area (TPSA) is 53.4 Å². The molecule has 1 aromatic heterocycles. The van der Waals surface area contributed by atoms with Crippen LogP contribution in [0.15, 0.2) is 24.5 Å². The van der Waals surface area contributed by atoms with Crippen molar-refractivity contribution < 1.29 is 10.2 Å². The van der Waals surface area contributed by atoms with E-state index in [0.29, 0.717) is 5.56 Å². The van der Waals surface area contributed by atoms with Crippen LogP contribution in [0.3, 0.4) is 0 Å². The maximum absolute atomic E-state index is 8.55. The molecule has 0 radical (unpaired) electrons. The van der Waals surface area contributed by atoms with Crippen molar-refractivity contribution in [2.45, 2.75) is 6.29 Å². The van der Waals surface area contributed by atoms with Crippen molar-refractivity contribution in [3.05, 3.63) is 30.1 Å². The van der Waals surface area contributed by atoms with E-state index in [-0.39, 0.29) is 0 Å². The van der Waals surface area contributed by atoms with Gasteiger partial charge in [-0.3, -0.25) is 4.98 Å². The number of hydrogen-bond donors (Lipinski definition) is 2. The number of nitrogens with zero attached hydrogens (tertiary/aromatic N) is 1. The normalized spacial score (nSPS) is 10.1. The number of aliphatic hydroxyl groups is 2. The molecular formula is C6H7NO2. The van der Waals surface area contributed by atoms with Gasteiger partial charge in [0.1, 0.15) is 0 Å². The van der Waals surface area contributed by atoms with E-state index >= 15 is 0 Å². The minimum Gasteiger partial charge on any atom is -0.364 e. The molecule has 48 valence electrons. The maximum atomic E-state index is 8.55. The van der Waals surface area contributed by atoms with Gasteiger partial charge in [-0.05, 0) is 12.1 Å². The van der Waals surface area contributed by atoms with E-state index in [2.05, 4.69) is 4.98 Å². The van der Waals surface area contributed by atoms with Crippen LogP contribution in [0.25, 0.3) is 0 Å². The second kappa shape index (κ2) is 2.57. The fourth-order valence-electron chi connectivity index (χ4n) is 0.536. The van der Waals surface area contributed by atoms with Crippen molar-refractivity contribution in [1.82, 2.24) is 4.98 Å². The Hall–Kier alpha value is -0.930. The van der Waals surface area contributed by atoms with Crippen molar-refractivity contribution in [2.75, 3.05) is 0 Å². The fourth-order valence-corrected chi connectivity index (χ4v) is 0.536. The summed E-state index contributed by atoms with van der Waals surface area (Å²) in [5.74, 6) is 0. The van der Waals surface area contributed by atoms with Gasteiger partial charge >= 0.3 is 0 Å². The van der Waals surface area contributed by atoms with Crippen molar-refractivity contribution in [3.8, 4) is 0 Å². The zero-order valence-electron chi connectivity index (χ0n) is 4.73. The quantitative estimate of drug-likeness (QED) is 0.522. The Bertz CT molecular complexity index is 174. The number of hydrogen-bond acceptors (Lipinski definition) is 3. The van der Waals surface area contributed by atoms with E-state index in [4.69, 9.17) is 10.2 Å². The molecule has 0 amide bonds. The molecule has 0 aliphatic carbocycles. The molecule has 0 aromatic carbocycles. The molecule has 0 aliphatic heterocycles. The highest BCUT2D eigenvalue weighted by Gasteiger charge is 1.97. The summed E-state index contributed by atoms with van der Waals surface area (Å²) in [5.41, 5.74) is 0.463. The van der Waals surface area contributed by atoms with Gasteiger partial charge in [0.25, 0.3) is 0 Å². The Kier molecular flexibility index (Phi) is 1.77. The lowest BCUT2D eigenvalue weighted by atomic mass is 10.3. The van der Waals surface area contributed by atoms with E-state index in [0.717, 1.165) is 0 Å². The third-order valence-corrected chi connectivity index (χ3v) is 1.00. The molecule has 3 heteroatoms. The summed E-state index contributed by atoms with van der Waals surface area (Å²) in [6.45, 7) is 0. The molecule has 3 nitrogen and oxygen atoms in total. The van der Waals surface area contributed by atoms with Gasteiger partial charge < -0.3 is 10.2 Å². The fraction of sp³-hybridized carbons (Fsp3) is 0.167. The molecule has 1 rings (SSSR count). The highest BCUT2D eigenvalue weighted by molar-refractivity contribution is 5.09. The smallest absolute Gasteiger partial charge is 0.178 e. The number of pyridine rings is 1. The molecule has 0 atom stereocenters. The molecule has 0 unspecified atom stereocenters. The van der Waals surface area contributed by atoms with Crippen LogP contribution in [0.1, 0.15) is 11.9 Å². The first-order chi connectivity index (χ1) is 4.30. The van der Waals surface area contributed by atoms with Crippen LogP contribution in [0.5, 0.6) is 0 Å². The highest BCUT2D eigenvalue weighted by atomic mass is 16.5. The molecule has 0 bridgehead atoms. The van der Waals surface area contributed by atoms with Crippen LogP contribution in [-0.2, 0) is 0 Å². The van der Waals surface area contributed by atoms with Crippen LogP contribution >= 0.6 is 0 Å². The first kappa shape index (κ1) is 6.19. The molecular weight excluding hydrogens is 118 g/mol. The van der Waals surface area contributed by atoms with Crippen LogP contribution in [-0.4, -0.2) is 15.2 Å². The van der Waals surface area contributed by atoms with Gasteiger partial charge in [-0.1, -0.05) is 0 Å². The summed E-state index contributed by atoms with van der Waals surface area (Å²) < 4.78 is 0. The number of aliphatic hydroxyl groups excluding tert-OH is 1. The van der Waals surface area contributed by atoms with Crippen molar-refractivity contribution in [1.29, 1.82) is 0 Å². The van der Waals surface area contributed by atoms with Gasteiger partial charge in [-0.15, -0.1) is 0 Å². The molecule has 1 aromatic rings. The van der Waals surface area contributed by atoms with Crippen molar-refractivity contribution in [2.24, 2.45) is 0 Å². The van der Waals surface area contributed by atoms with Crippen LogP contribution < -0.4 is 0 Å². The zero-order valence-corrected chi connectivity index (χ0v) is 4.73. The molecule has 0 saturated heterocycles. The summed E-state index contributed by atoms with van der Waals surface area (Å²) in [7, 11) is 0. The maximum Gasteiger partial charge on any atom is 0.178 e. The summed E-state index contributed by atoms with van der Waals surface area (Å²) in [4.78, 5) is 3.71. The summed E-state index contributed by atoms with van der Waals surface area (Å²) in [6, 6.07) is 3.09. The van der Waals surface area contributed by atoms with Crippen LogP contribution in [0.2, 0.25) is 0 Å². The summed E-state index contributed by atoms with van der Waals surface area (Å²) >= 11 is 0. The molecule has 0 fully saturated rings. The lowest BCUT2D eigenvalue weighted by Crippen LogP contribution is -1.93. The van der Waals surface area contributed by atoms with Gasteiger partial charge in [-0.2, -0.15) is 0 Å². The minimum absolute atomic E-state index is 0.463. The van der Waals surface area contributed by atoms with Crippen LogP contribution in [0, 0.1) is 0 Å². The third kappa shape index (κ3) is 1.48. The van der Waals surface area contributed by atoms with Gasteiger partial charge in [0, 0.05) is 18.0 Å².